The van der Waals surface area contributed by atoms with Gasteiger partial charge in [0.1, 0.15) is 6.10 Å². The number of fused-ring (bicyclic) bond motifs is 1. The van der Waals surface area contributed by atoms with Crippen LogP contribution in [-0.4, -0.2) is 59.8 Å². The van der Waals surface area contributed by atoms with E-state index in [-0.39, 0.29) is 22.6 Å². The number of hydrogen-bond donors (Lipinski definition) is 3. The van der Waals surface area contributed by atoms with Gasteiger partial charge >= 0.3 is 0 Å². The van der Waals surface area contributed by atoms with Crippen LogP contribution in [0.5, 0.6) is 0 Å². The highest BCUT2D eigenvalue weighted by molar-refractivity contribution is 8.22. The standard InChI is InChI=1S/C33H50O5S2/c1-28(2,3)19-14-32(15-20(26(19)37)29(4,5)6)33(40-25(39-32)13-23(35)24(36)18-34)16-21(30(7,8)9)27(38)22(17-33)31(10,11)12/h14-17,23-25,34-36H,13,18H2,1-12H3. The van der Waals surface area contributed by atoms with Gasteiger partial charge in [0.15, 0.2) is 11.6 Å². The third kappa shape index (κ3) is 6.15. The van der Waals surface area contributed by atoms with Gasteiger partial charge in [-0.2, -0.15) is 0 Å². The number of ketones is 2. The first kappa shape index (κ1) is 33.4. The molecule has 0 amide bonds. The Morgan fingerprint density at radius 3 is 1.12 bits per heavy atom. The number of aliphatic hydroxyl groups is 3. The molecule has 1 aliphatic heterocycles. The number of carbonyl (C=O) groups is 2. The third-order valence-electron chi connectivity index (χ3n) is 7.97. The fourth-order valence-corrected chi connectivity index (χ4v) is 9.77. The highest BCUT2D eigenvalue weighted by Crippen LogP contribution is 2.67. The van der Waals surface area contributed by atoms with Crippen molar-refractivity contribution >= 4 is 35.1 Å². The second kappa shape index (κ2) is 10.6. The average Bonchev–Trinajstić information content (AvgIpc) is 3.04. The van der Waals surface area contributed by atoms with Crippen LogP contribution in [0, 0.1) is 21.7 Å². The molecule has 1 fully saturated rings. The highest BCUT2D eigenvalue weighted by Gasteiger charge is 2.61. The molecule has 0 aromatic rings. The molecular weight excluding hydrogens is 540 g/mol. The molecule has 2 atom stereocenters. The van der Waals surface area contributed by atoms with E-state index in [1.807, 2.05) is 0 Å². The number of allylic oxidation sites excluding steroid dienone is 4. The van der Waals surface area contributed by atoms with Crippen molar-refractivity contribution in [3.63, 3.8) is 0 Å². The van der Waals surface area contributed by atoms with Crippen molar-refractivity contribution in [2.75, 3.05) is 6.61 Å². The molecule has 0 bridgehead atoms. The summed E-state index contributed by atoms with van der Waals surface area (Å²) in [7, 11) is 0. The van der Waals surface area contributed by atoms with Crippen molar-refractivity contribution in [3.8, 4) is 0 Å². The lowest BCUT2D eigenvalue weighted by atomic mass is 9.65. The van der Waals surface area contributed by atoms with Gasteiger partial charge in [0.25, 0.3) is 0 Å². The smallest absolute Gasteiger partial charge is 0.185 e. The van der Waals surface area contributed by atoms with E-state index in [2.05, 4.69) is 107 Å². The van der Waals surface area contributed by atoms with E-state index in [9.17, 15) is 24.9 Å². The molecule has 1 saturated heterocycles. The summed E-state index contributed by atoms with van der Waals surface area (Å²) in [5.74, 6) is 0.106. The van der Waals surface area contributed by atoms with Gasteiger partial charge in [-0.15, -0.1) is 23.5 Å². The minimum absolute atomic E-state index is 0.0532. The second-order valence-corrected chi connectivity index (χ2v) is 19.0. The first-order valence-corrected chi connectivity index (χ1v) is 16.0. The maximum Gasteiger partial charge on any atom is 0.185 e. The van der Waals surface area contributed by atoms with Crippen molar-refractivity contribution in [2.45, 2.75) is 116 Å². The fraction of sp³-hybridized carbons (Fsp3) is 0.697. The van der Waals surface area contributed by atoms with Crippen molar-refractivity contribution in [2.24, 2.45) is 21.7 Å². The number of aliphatic hydroxyl groups excluding tert-OH is 3. The van der Waals surface area contributed by atoms with Crippen LogP contribution in [0.2, 0.25) is 0 Å². The van der Waals surface area contributed by atoms with Crippen LogP contribution in [0.15, 0.2) is 46.6 Å². The zero-order chi connectivity index (χ0) is 30.9. The van der Waals surface area contributed by atoms with Crippen LogP contribution >= 0.6 is 23.5 Å². The summed E-state index contributed by atoms with van der Waals surface area (Å²) in [6.45, 7) is 24.2. The molecule has 0 aromatic heterocycles. The first-order chi connectivity index (χ1) is 17.9. The summed E-state index contributed by atoms with van der Waals surface area (Å²) < 4.78 is -1.62. The minimum atomic E-state index is -1.24. The summed E-state index contributed by atoms with van der Waals surface area (Å²) in [5.41, 5.74) is 1.34. The Hall–Kier alpha value is -1.12. The quantitative estimate of drug-likeness (QED) is 0.347. The Bertz CT molecular complexity index is 1020. The van der Waals surface area contributed by atoms with E-state index in [1.54, 1.807) is 23.5 Å². The van der Waals surface area contributed by atoms with Gasteiger partial charge in [0.05, 0.1) is 26.8 Å². The Kier molecular flexibility index (Phi) is 8.81. The molecule has 0 aromatic carbocycles. The van der Waals surface area contributed by atoms with Gasteiger partial charge in [0.2, 0.25) is 0 Å². The molecule has 5 nitrogen and oxygen atoms in total. The maximum atomic E-state index is 14.0. The molecule has 1 heterocycles. The van der Waals surface area contributed by atoms with Crippen molar-refractivity contribution < 1.29 is 24.9 Å². The highest BCUT2D eigenvalue weighted by atomic mass is 32.2. The Morgan fingerprint density at radius 2 is 0.900 bits per heavy atom. The lowest BCUT2D eigenvalue weighted by Crippen LogP contribution is -2.48. The molecule has 0 radical (unpaired) electrons. The summed E-state index contributed by atoms with van der Waals surface area (Å²) in [6, 6.07) is 0. The molecule has 3 N–H and O–H groups in total. The summed E-state index contributed by atoms with van der Waals surface area (Å²) in [6.07, 6.45) is 6.41. The third-order valence-corrected chi connectivity index (χ3v) is 11.5. The van der Waals surface area contributed by atoms with Crippen LogP contribution in [0.3, 0.4) is 0 Å². The summed E-state index contributed by atoms with van der Waals surface area (Å²) in [5, 5.41) is 30.4. The van der Waals surface area contributed by atoms with E-state index in [0.717, 1.165) is 22.3 Å². The van der Waals surface area contributed by atoms with Gasteiger partial charge in [0, 0.05) is 22.3 Å². The van der Waals surface area contributed by atoms with E-state index < -0.39 is 50.0 Å². The Balaban J connectivity index is 2.45. The van der Waals surface area contributed by atoms with E-state index in [1.165, 1.54) is 0 Å². The van der Waals surface area contributed by atoms with Crippen LogP contribution in [-0.2, 0) is 9.59 Å². The zero-order valence-electron chi connectivity index (χ0n) is 26.4. The predicted octanol–water partition coefficient (Wildman–Crippen LogP) is 6.43. The van der Waals surface area contributed by atoms with Crippen molar-refractivity contribution in [1.29, 1.82) is 0 Å². The molecule has 7 heteroatoms. The number of thioether (sulfide) groups is 2. The van der Waals surface area contributed by atoms with Crippen LogP contribution < -0.4 is 0 Å². The van der Waals surface area contributed by atoms with Gasteiger partial charge in [-0.3, -0.25) is 9.59 Å². The van der Waals surface area contributed by atoms with Crippen LogP contribution in [0.25, 0.3) is 0 Å². The van der Waals surface area contributed by atoms with Crippen LogP contribution in [0.1, 0.15) is 89.5 Å². The fourth-order valence-electron chi connectivity index (χ4n) is 5.52. The first-order valence-electron chi connectivity index (χ1n) is 14.2. The molecule has 3 rings (SSSR count). The maximum absolute atomic E-state index is 14.0. The van der Waals surface area contributed by atoms with Crippen molar-refractivity contribution in [3.05, 3.63) is 46.6 Å². The van der Waals surface area contributed by atoms with Gasteiger partial charge in [-0.1, -0.05) is 107 Å². The molecule has 0 saturated carbocycles. The molecule has 2 unspecified atom stereocenters. The summed E-state index contributed by atoms with van der Waals surface area (Å²) in [4.78, 5) is 28.0. The molecule has 3 aliphatic rings. The number of hydrogen-bond acceptors (Lipinski definition) is 7. The van der Waals surface area contributed by atoms with Gasteiger partial charge < -0.3 is 15.3 Å². The SMILES string of the molecule is CC(C)(C)C1=CC2(C=C(C(C)(C)C)C1=O)SC(CC(O)C(O)CO)SC21C=C(C(C)(C)C)C(=O)C(C(C)(C)C)=C1. The Morgan fingerprint density at radius 1 is 0.625 bits per heavy atom. The Labute approximate surface area is 250 Å². The molecule has 2 spiro atoms. The van der Waals surface area contributed by atoms with Gasteiger partial charge in [-0.25, -0.2) is 0 Å². The molecule has 40 heavy (non-hydrogen) atoms. The number of Topliss-reactive ketones (excluding diaryl/α,β-unsaturated/α-hetero) is 2. The largest absolute Gasteiger partial charge is 0.394 e. The molecule has 2 aliphatic carbocycles. The number of carbonyl (C=O) groups excluding carboxylic acids is 2. The lowest BCUT2D eigenvalue weighted by Gasteiger charge is -2.46. The van der Waals surface area contributed by atoms with E-state index >= 15 is 0 Å². The molecular formula is C33H50O5S2. The minimum Gasteiger partial charge on any atom is -0.394 e. The lowest BCUT2D eigenvalue weighted by molar-refractivity contribution is -0.115. The zero-order valence-corrected chi connectivity index (χ0v) is 28.1. The normalized spacial score (nSPS) is 23.7. The second-order valence-electron chi connectivity index (χ2n) is 15.7. The average molecular weight is 591 g/mol. The predicted molar refractivity (Wildman–Crippen MR) is 168 cm³/mol. The van der Waals surface area contributed by atoms with Crippen LogP contribution in [0.4, 0.5) is 0 Å². The van der Waals surface area contributed by atoms with E-state index in [4.69, 9.17) is 0 Å². The molecule has 224 valence electrons. The topological polar surface area (TPSA) is 94.8 Å². The van der Waals surface area contributed by atoms with E-state index in [0.29, 0.717) is 0 Å². The summed E-state index contributed by atoms with van der Waals surface area (Å²) >= 11 is 3.34. The van der Waals surface area contributed by atoms with Crippen molar-refractivity contribution in [1.82, 2.24) is 0 Å². The van der Waals surface area contributed by atoms with Gasteiger partial charge in [-0.05, 0) is 28.1 Å². The number of rotatable bonds is 4. The monoisotopic (exact) mass is 590 g/mol.